The first-order chi connectivity index (χ1) is 11.8. The molecule has 0 aliphatic heterocycles. The van der Waals surface area contributed by atoms with E-state index in [4.69, 9.17) is 0 Å². The first kappa shape index (κ1) is 40.3. The molecule has 1 aromatic rings. The van der Waals surface area contributed by atoms with Crippen LogP contribution in [0.4, 0.5) is 0 Å². The summed E-state index contributed by atoms with van der Waals surface area (Å²) in [6.45, 7) is 0.288. The Hall–Kier alpha value is 3.17. The average Bonchev–Trinajstić information content (AvgIpc) is 2.40. The van der Waals surface area contributed by atoms with E-state index in [1.807, 2.05) is 0 Å². The van der Waals surface area contributed by atoms with Crippen LogP contribution in [0.25, 0.3) is 0 Å². The smallest absolute Gasteiger partial charge is 0.810 e. The van der Waals surface area contributed by atoms with Gasteiger partial charge in [-0.15, -0.1) is 0 Å². The molecule has 0 saturated heterocycles. The predicted molar refractivity (Wildman–Crippen MR) is 83.4 cm³/mol. The molecule has 1 N–H and O–H groups in total. The molecule has 1 unspecified atom stereocenters. The zero-order valence-corrected chi connectivity index (χ0v) is 28.2. The van der Waals surface area contributed by atoms with E-state index >= 15 is 0 Å². The van der Waals surface area contributed by atoms with Crippen molar-refractivity contribution < 1.29 is 156 Å². The first-order valence-electron chi connectivity index (χ1n) is 7.42. The van der Waals surface area contributed by atoms with Gasteiger partial charge in [-0.1, -0.05) is 20.4 Å². The van der Waals surface area contributed by atoms with E-state index in [-0.39, 0.29) is 131 Å². The Kier molecular flexibility index (Phi) is 24.8. The molecule has 0 aromatic carbocycles. The summed E-state index contributed by atoms with van der Waals surface area (Å²) in [5, 5.41) is 0. The van der Waals surface area contributed by atoms with Crippen molar-refractivity contribution in [1.29, 1.82) is 0 Å². The van der Waals surface area contributed by atoms with E-state index in [0.29, 0.717) is 19.3 Å². The summed E-state index contributed by atoms with van der Waals surface area (Å²) in [4.78, 5) is 67.1. The molecule has 0 bridgehead atoms. The molecule has 0 aliphatic rings. The minimum Gasteiger partial charge on any atom is -0.810 e. The Morgan fingerprint density at radius 2 is 1.43 bits per heavy atom. The van der Waals surface area contributed by atoms with Crippen LogP contribution in [0.15, 0.2) is 21.9 Å². The van der Waals surface area contributed by atoms with Crippen LogP contribution in [-0.4, -0.2) is 21.6 Å². The molecule has 0 amide bonds. The van der Waals surface area contributed by atoms with Crippen molar-refractivity contribution in [1.82, 2.24) is 9.55 Å². The minimum atomic E-state index is -5.71. The number of aromatic amines is 1. The predicted octanol–water partition coefficient (Wildman–Crippen LogP) is -13.9. The number of rotatable bonds is 11. The second-order valence-corrected chi connectivity index (χ2v) is 11.5. The molecule has 0 spiro atoms. The Labute approximate surface area is 261 Å². The first-order valence-corrected chi connectivity index (χ1v) is 12.6. The van der Waals surface area contributed by atoms with Crippen LogP contribution < -0.4 is 149 Å². The number of hydrogen-bond donors (Lipinski definition) is 1. The number of aryl methyl sites for hydroxylation is 1. The van der Waals surface area contributed by atoms with Gasteiger partial charge in [-0.25, -0.2) is 4.79 Å². The number of phosphoric acid groups is 1. The van der Waals surface area contributed by atoms with Gasteiger partial charge in [-0.2, -0.15) is 0 Å². The van der Waals surface area contributed by atoms with Crippen LogP contribution in [0, 0.1) is 0 Å². The normalized spacial score (nSPS) is 12.9. The van der Waals surface area contributed by atoms with E-state index < -0.39 is 46.1 Å². The molecule has 1 atom stereocenters. The molecule has 19 heteroatoms. The molecule has 150 valence electrons. The second kappa shape index (κ2) is 18.4. The van der Waals surface area contributed by atoms with Crippen molar-refractivity contribution in [2.75, 3.05) is 12.1 Å². The molecule has 0 radical (unpaired) electrons. The van der Waals surface area contributed by atoms with Crippen molar-refractivity contribution in [2.45, 2.75) is 32.2 Å². The maximum atomic E-state index is 12.1. The summed E-state index contributed by atoms with van der Waals surface area (Å²) in [6.07, 6.45) is 2.16. The van der Waals surface area contributed by atoms with Crippen LogP contribution in [-0.2, 0) is 24.6 Å². The maximum absolute atomic E-state index is 12.1. The third-order valence-electron chi connectivity index (χ3n) is 3.18. The third-order valence-corrected chi connectivity index (χ3v) is 9.28. The molecule has 0 aliphatic carbocycles. The third kappa shape index (κ3) is 19.5. The van der Waals surface area contributed by atoms with E-state index in [1.165, 1.54) is 16.8 Å². The van der Waals surface area contributed by atoms with E-state index in [0.717, 1.165) is 0 Å². The molecular formula is C11H17N2Na4O10P3. The van der Waals surface area contributed by atoms with Crippen molar-refractivity contribution in [3.63, 3.8) is 0 Å². The summed E-state index contributed by atoms with van der Waals surface area (Å²) >= 11 is 0. The van der Waals surface area contributed by atoms with Crippen molar-refractivity contribution in [3.8, 4) is 0 Å². The van der Waals surface area contributed by atoms with Crippen LogP contribution in [0.3, 0.4) is 0 Å². The standard InChI is InChI=1S/C11H21N2O10P3.4Na/c14-10-5-7-13(11(15)12-10)6-3-1-2-4-8-24(16,9-25(17,18)19)23-26(20,21)22;;;;/h5,7H,1-4,6,8-9H2,(H,12,14,15)(H2,17,18,19)(H2,20,21,22);;;;/q;4*+1/p-4. The van der Waals surface area contributed by atoms with Gasteiger partial charge in [0.2, 0.25) is 7.37 Å². The van der Waals surface area contributed by atoms with Gasteiger partial charge in [0.1, 0.15) is 0 Å². The summed E-state index contributed by atoms with van der Waals surface area (Å²) in [6, 6.07) is 1.18. The van der Waals surface area contributed by atoms with E-state index in [9.17, 15) is 42.9 Å². The van der Waals surface area contributed by atoms with Gasteiger partial charge in [-0.3, -0.25) is 18.7 Å². The van der Waals surface area contributed by atoms with Crippen molar-refractivity contribution in [2.24, 2.45) is 0 Å². The van der Waals surface area contributed by atoms with Crippen LogP contribution >= 0.6 is 22.8 Å². The van der Waals surface area contributed by atoms with Gasteiger partial charge >= 0.3 is 124 Å². The van der Waals surface area contributed by atoms with Crippen LogP contribution in [0.5, 0.6) is 0 Å². The molecule has 0 saturated carbocycles. The quantitative estimate of drug-likeness (QED) is 0.165. The Morgan fingerprint density at radius 3 is 1.90 bits per heavy atom. The zero-order valence-electron chi connectivity index (χ0n) is 17.5. The zero-order chi connectivity index (χ0) is 20.0. The Morgan fingerprint density at radius 1 is 0.900 bits per heavy atom. The fourth-order valence-corrected chi connectivity index (χ4v) is 8.03. The molecule has 1 rings (SSSR count). The van der Waals surface area contributed by atoms with Gasteiger partial charge in [0.25, 0.3) is 5.56 Å². The topological polar surface area (TPSA) is 208 Å². The SMILES string of the molecule is O=c1ccn(CCCCCCP(=O)(CP(=O)([O-])[O-])OP(=O)([O-])[O-])c(=O)[nH]1.[Na+].[Na+].[Na+].[Na+]. The summed E-state index contributed by atoms with van der Waals surface area (Å²) in [7, 11) is -15.5. The number of aromatic nitrogens is 2. The molecule has 12 nitrogen and oxygen atoms in total. The number of nitrogens with zero attached hydrogens (tertiary/aromatic N) is 1. The summed E-state index contributed by atoms with van der Waals surface area (Å²) in [5.74, 6) is -1.54. The molecule has 30 heavy (non-hydrogen) atoms. The molecule has 1 aromatic heterocycles. The molecular weight excluding hydrogens is 505 g/mol. The number of unbranched alkanes of at least 4 members (excludes halogenated alkanes) is 3. The van der Waals surface area contributed by atoms with Crippen LogP contribution in [0.2, 0.25) is 0 Å². The second-order valence-electron chi connectivity index (χ2n) is 5.54. The average molecular weight is 522 g/mol. The number of nitrogens with one attached hydrogen (secondary N) is 1. The number of H-pyrrole nitrogens is 1. The Bertz CT molecular complexity index is 839. The Balaban J connectivity index is -0.000000845. The molecule has 0 fully saturated rings. The van der Waals surface area contributed by atoms with Gasteiger partial charge in [0, 0.05) is 25.0 Å². The van der Waals surface area contributed by atoms with Gasteiger partial charge < -0.3 is 33.3 Å². The largest absolute Gasteiger partial charge is 1.00 e. The van der Waals surface area contributed by atoms with Gasteiger partial charge in [0.15, 0.2) is 0 Å². The fourth-order valence-electron chi connectivity index (χ4n) is 2.19. The molecule has 1 heterocycles. The van der Waals surface area contributed by atoms with Gasteiger partial charge in [0.05, 0.1) is 13.7 Å². The summed E-state index contributed by atoms with van der Waals surface area (Å²) < 4.78 is 38.6. The fraction of sp³-hybridized carbons (Fsp3) is 0.636. The monoisotopic (exact) mass is 522 g/mol. The van der Waals surface area contributed by atoms with Crippen molar-refractivity contribution in [3.05, 3.63) is 33.1 Å². The number of hydrogen-bond acceptors (Lipinski definition) is 10. The van der Waals surface area contributed by atoms with E-state index in [2.05, 4.69) is 9.29 Å². The van der Waals surface area contributed by atoms with E-state index in [1.54, 1.807) is 0 Å². The van der Waals surface area contributed by atoms with Crippen LogP contribution in [0.1, 0.15) is 25.7 Å². The maximum Gasteiger partial charge on any atom is 1.00 e. The van der Waals surface area contributed by atoms with Crippen molar-refractivity contribution >= 4 is 22.8 Å². The minimum absolute atomic E-state index is 0. The summed E-state index contributed by atoms with van der Waals surface area (Å²) in [5.41, 5.74) is -1.09. The van der Waals surface area contributed by atoms with Gasteiger partial charge in [-0.05, 0) is 12.8 Å².